The number of nitrogens with zero attached hydrogens (tertiary/aromatic N) is 3. The van der Waals surface area contributed by atoms with Crippen molar-refractivity contribution in [1.82, 2.24) is 14.5 Å². The highest BCUT2D eigenvalue weighted by molar-refractivity contribution is 5.95. The van der Waals surface area contributed by atoms with Crippen molar-refractivity contribution in [2.75, 3.05) is 13.1 Å². The van der Waals surface area contributed by atoms with Crippen LogP contribution in [0.2, 0.25) is 0 Å². The third kappa shape index (κ3) is 3.54. The zero-order valence-electron chi connectivity index (χ0n) is 16.3. The number of hydrogen-bond acceptors (Lipinski definition) is 4. The van der Waals surface area contributed by atoms with Gasteiger partial charge >= 0.3 is 0 Å². The standard InChI is InChI=1S/C23H25N3O3/c27-20-15-21(17-4-2-1-3-5-17)29-23(16-20)8-12-25(13-9-23)22(28)18-7-11-26-19(14-18)6-10-24-26/h1-7,10-11,14,20-21,27H,8-9,12-13,15-16H2/t20-,21-/m1/s1. The Kier molecular flexibility index (Phi) is 4.60. The third-order valence-corrected chi connectivity index (χ3v) is 6.27. The average Bonchev–Trinajstić information content (AvgIpc) is 3.22. The highest BCUT2D eigenvalue weighted by Crippen LogP contribution is 2.43. The monoisotopic (exact) mass is 391 g/mol. The second-order valence-electron chi connectivity index (χ2n) is 8.20. The lowest BCUT2D eigenvalue weighted by Gasteiger charge is -2.48. The minimum atomic E-state index is -0.375. The van der Waals surface area contributed by atoms with Crippen LogP contribution in [0.25, 0.3) is 5.52 Å². The SMILES string of the molecule is O=C(c1ccn2nccc2c1)N1CCC2(CC1)C[C@H](O)C[C@H](c1ccccc1)O2. The summed E-state index contributed by atoms with van der Waals surface area (Å²) in [6, 6.07) is 15.7. The van der Waals surface area contributed by atoms with Crippen molar-refractivity contribution in [2.45, 2.75) is 43.5 Å². The van der Waals surface area contributed by atoms with E-state index in [1.165, 1.54) is 0 Å². The zero-order chi connectivity index (χ0) is 19.8. The van der Waals surface area contributed by atoms with E-state index in [1.54, 1.807) is 10.7 Å². The first-order valence-corrected chi connectivity index (χ1v) is 10.3. The topological polar surface area (TPSA) is 67.1 Å². The number of carbonyl (C=O) groups excluding carboxylic acids is 1. The maximum Gasteiger partial charge on any atom is 0.253 e. The Bertz CT molecular complexity index is 1010. The second kappa shape index (κ2) is 7.28. The van der Waals surface area contributed by atoms with Gasteiger partial charge in [-0.1, -0.05) is 30.3 Å². The Hall–Kier alpha value is -2.70. The van der Waals surface area contributed by atoms with Gasteiger partial charge in [-0.05, 0) is 36.6 Å². The fraction of sp³-hybridized carbons (Fsp3) is 0.391. The number of likely N-dealkylation sites (tertiary alicyclic amines) is 1. The molecule has 0 unspecified atom stereocenters. The Morgan fingerprint density at radius 2 is 1.93 bits per heavy atom. The number of carbonyl (C=O) groups is 1. The molecule has 0 aliphatic carbocycles. The van der Waals surface area contributed by atoms with Crippen molar-refractivity contribution >= 4 is 11.4 Å². The lowest BCUT2D eigenvalue weighted by molar-refractivity contribution is -0.181. The Labute approximate surface area is 169 Å². The first-order chi connectivity index (χ1) is 14.1. The van der Waals surface area contributed by atoms with Crippen molar-refractivity contribution in [3.63, 3.8) is 0 Å². The van der Waals surface area contributed by atoms with Crippen molar-refractivity contribution in [3.8, 4) is 0 Å². The van der Waals surface area contributed by atoms with E-state index >= 15 is 0 Å². The third-order valence-electron chi connectivity index (χ3n) is 6.27. The van der Waals surface area contributed by atoms with E-state index in [-0.39, 0.29) is 23.7 Å². The maximum absolute atomic E-state index is 13.0. The van der Waals surface area contributed by atoms with Gasteiger partial charge in [-0.25, -0.2) is 4.52 Å². The maximum atomic E-state index is 13.0. The van der Waals surface area contributed by atoms with Gasteiger partial charge in [0.15, 0.2) is 0 Å². The van der Waals surface area contributed by atoms with Crippen LogP contribution in [0.3, 0.4) is 0 Å². The number of fused-ring (bicyclic) bond motifs is 1. The van der Waals surface area contributed by atoms with E-state index in [9.17, 15) is 9.90 Å². The average molecular weight is 391 g/mol. The molecule has 2 saturated heterocycles. The van der Waals surface area contributed by atoms with Gasteiger partial charge in [0.05, 0.1) is 23.3 Å². The van der Waals surface area contributed by atoms with Gasteiger partial charge in [0.2, 0.25) is 0 Å². The van der Waals surface area contributed by atoms with Crippen molar-refractivity contribution in [2.24, 2.45) is 0 Å². The molecule has 2 atom stereocenters. The molecule has 3 aromatic rings. The van der Waals surface area contributed by atoms with Crippen LogP contribution in [-0.4, -0.2) is 50.3 Å². The van der Waals surface area contributed by atoms with Gasteiger partial charge in [-0.3, -0.25) is 4.79 Å². The summed E-state index contributed by atoms with van der Waals surface area (Å²) < 4.78 is 8.30. The van der Waals surface area contributed by atoms with Crippen LogP contribution in [0.4, 0.5) is 0 Å². The number of amides is 1. The van der Waals surface area contributed by atoms with Crippen molar-refractivity contribution in [1.29, 1.82) is 0 Å². The number of hydrogen-bond donors (Lipinski definition) is 1. The molecule has 1 aromatic carbocycles. The molecule has 1 amide bonds. The molecular formula is C23H25N3O3. The number of aromatic nitrogens is 2. The number of ether oxygens (including phenoxy) is 1. The number of aliphatic hydroxyl groups is 1. The fourth-order valence-corrected chi connectivity index (χ4v) is 4.71. The summed E-state index contributed by atoms with van der Waals surface area (Å²) in [5, 5.41) is 14.7. The molecule has 2 aliphatic rings. The Balaban J connectivity index is 1.29. The van der Waals surface area contributed by atoms with Gasteiger partial charge in [0, 0.05) is 43.9 Å². The molecule has 6 heteroatoms. The smallest absolute Gasteiger partial charge is 0.253 e. The van der Waals surface area contributed by atoms with Crippen LogP contribution >= 0.6 is 0 Å². The van der Waals surface area contributed by atoms with Crippen LogP contribution in [0.15, 0.2) is 60.9 Å². The fourth-order valence-electron chi connectivity index (χ4n) is 4.71. The molecule has 1 spiro atoms. The molecule has 2 aromatic heterocycles. The predicted octanol–water partition coefficient (Wildman–Crippen LogP) is 3.22. The molecule has 5 rings (SSSR count). The van der Waals surface area contributed by atoms with Crippen LogP contribution in [-0.2, 0) is 4.74 Å². The number of piperidine rings is 1. The first-order valence-electron chi connectivity index (χ1n) is 10.3. The van der Waals surface area contributed by atoms with E-state index in [4.69, 9.17) is 4.74 Å². The predicted molar refractivity (Wildman–Crippen MR) is 109 cm³/mol. The lowest BCUT2D eigenvalue weighted by Crippen LogP contribution is -2.52. The molecule has 2 aliphatic heterocycles. The molecule has 2 fully saturated rings. The normalized spacial score (nSPS) is 24.1. The number of pyridine rings is 1. The summed E-state index contributed by atoms with van der Waals surface area (Å²) in [5.74, 6) is 0.0412. The molecular weight excluding hydrogens is 366 g/mol. The minimum Gasteiger partial charge on any atom is -0.393 e. The summed E-state index contributed by atoms with van der Waals surface area (Å²) in [6.07, 6.45) is 5.83. The quantitative estimate of drug-likeness (QED) is 0.728. The molecule has 1 N–H and O–H groups in total. The lowest BCUT2D eigenvalue weighted by atomic mass is 9.81. The van der Waals surface area contributed by atoms with Crippen LogP contribution in [0.5, 0.6) is 0 Å². The minimum absolute atomic E-state index is 0.0412. The van der Waals surface area contributed by atoms with Crippen LogP contribution in [0.1, 0.15) is 47.7 Å². The van der Waals surface area contributed by atoms with Gasteiger partial charge in [-0.15, -0.1) is 0 Å². The Morgan fingerprint density at radius 1 is 1.14 bits per heavy atom. The highest BCUT2D eigenvalue weighted by Gasteiger charge is 2.44. The summed E-state index contributed by atoms with van der Waals surface area (Å²) in [4.78, 5) is 14.9. The van der Waals surface area contributed by atoms with E-state index in [0.29, 0.717) is 31.5 Å². The van der Waals surface area contributed by atoms with E-state index in [0.717, 1.165) is 23.9 Å². The zero-order valence-corrected chi connectivity index (χ0v) is 16.3. The van der Waals surface area contributed by atoms with Gasteiger partial charge in [-0.2, -0.15) is 5.10 Å². The van der Waals surface area contributed by atoms with E-state index in [2.05, 4.69) is 17.2 Å². The van der Waals surface area contributed by atoms with E-state index in [1.807, 2.05) is 47.5 Å². The van der Waals surface area contributed by atoms with Gasteiger partial charge in [0.1, 0.15) is 0 Å². The summed E-state index contributed by atoms with van der Waals surface area (Å²) in [5.41, 5.74) is 2.34. The summed E-state index contributed by atoms with van der Waals surface area (Å²) >= 11 is 0. The van der Waals surface area contributed by atoms with Crippen molar-refractivity contribution < 1.29 is 14.6 Å². The largest absolute Gasteiger partial charge is 0.393 e. The number of rotatable bonds is 2. The van der Waals surface area contributed by atoms with Crippen LogP contribution in [0, 0.1) is 0 Å². The van der Waals surface area contributed by atoms with Gasteiger partial charge in [0.25, 0.3) is 5.91 Å². The molecule has 0 radical (unpaired) electrons. The van der Waals surface area contributed by atoms with Gasteiger partial charge < -0.3 is 14.7 Å². The Morgan fingerprint density at radius 3 is 2.72 bits per heavy atom. The molecule has 29 heavy (non-hydrogen) atoms. The van der Waals surface area contributed by atoms with Crippen LogP contribution < -0.4 is 0 Å². The second-order valence-corrected chi connectivity index (χ2v) is 8.20. The molecule has 0 saturated carbocycles. The number of benzene rings is 1. The first kappa shape index (κ1) is 18.3. The summed E-state index contributed by atoms with van der Waals surface area (Å²) in [7, 11) is 0. The molecule has 4 heterocycles. The molecule has 0 bridgehead atoms. The summed E-state index contributed by atoms with van der Waals surface area (Å²) in [6.45, 7) is 1.27. The van der Waals surface area contributed by atoms with Crippen molar-refractivity contribution in [3.05, 3.63) is 72.1 Å². The molecule has 150 valence electrons. The van der Waals surface area contributed by atoms with E-state index < -0.39 is 0 Å². The molecule has 6 nitrogen and oxygen atoms in total. The highest BCUT2D eigenvalue weighted by atomic mass is 16.5. The number of aliphatic hydroxyl groups excluding tert-OH is 1.